The molecule has 0 radical (unpaired) electrons. The molecule has 0 amide bonds. The Hall–Kier alpha value is -3.42. The van der Waals surface area contributed by atoms with Crippen molar-refractivity contribution < 1.29 is 34.4 Å². The third kappa shape index (κ3) is 18.9. The van der Waals surface area contributed by atoms with Crippen molar-refractivity contribution in [1.29, 1.82) is 0 Å². The summed E-state index contributed by atoms with van der Waals surface area (Å²) in [5.41, 5.74) is 1.51. The molecule has 0 saturated heterocycles. The summed E-state index contributed by atoms with van der Waals surface area (Å²) >= 11 is 0. The molecule has 0 heterocycles. The molecular formula is C37H57NO7. The molecule has 2 rings (SSSR count). The molecule has 2 aromatic rings. The van der Waals surface area contributed by atoms with Gasteiger partial charge in [0.25, 0.3) is 0 Å². The van der Waals surface area contributed by atoms with Crippen LogP contribution in [0.3, 0.4) is 0 Å². The predicted molar refractivity (Wildman–Crippen MR) is 181 cm³/mol. The van der Waals surface area contributed by atoms with Crippen molar-refractivity contribution in [1.82, 2.24) is 0 Å². The fourth-order valence-electron chi connectivity index (χ4n) is 5.44. The third-order valence-electron chi connectivity index (χ3n) is 7.96. The Labute approximate surface area is 270 Å². The first kappa shape index (κ1) is 37.8. The quantitative estimate of drug-likeness (QED) is 0.0800. The van der Waals surface area contributed by atoms with Gasteiger partial charge in [0.15, 0.2) is 0 Å². The molecule has 0 spiro atoms. The lowest BCUT2D eigenvalue weighted by Gasteiger charge is -2.22. The first-order valence-corrected chi connectivity index (χ1v) is 17.2. The van der Waals surface area contributed by atoms with Crippen LogP contribution in [0.15, 0.2) is 42.5 Å². The van der Waals surface area contributed by atoms with E-state index < -0.39 is 25.0 Å². The van der Waals surface area contributed by atoms with Crippen molar-refractivity contribution >= 4 is 17.6 Å². The molecule has 0 aliphatic rings. The van der Waals surface area contributed by atoms with E-state index in [4.69, 9.17) is 9.47 Å². The van der Waals surface area contributed by atoms with Crippen LogP contribution in [0.1, 0.15) is 122 Å². The lowest BCUT2D eigenvalue weighted by molar-refractivity contribution is -0.136. The molecular weight excluding hydrogens is 570 g/mol. The van der Waals surface area contributed by atoms with Crippen LogP contribution >= 0.6 is 0 Å². The predicted octanol–water partition coefficient (Wildman–Crippen LogP) is 9.02. The maximum Gasteiger partial charge on any atom is 0.323 e. The molecule has 0 aliphatic carbocycles. The molecule has 8 heteroatoms. The lowest BCUT2D eigenvalue weighted by atomic mass is 10.0. The second-order valence-corrected chi connectivity index (χ2v) is 12.1. The van der Waals surface area contributed by atoms with E-state index >= 15 is 0 Å². The fraction of sp³-hybridized carbons (Fsp3) is 0.622. The number of unbranched alkanes of at least 4 members (excludes halogenated alkanes) is 15. The Kier molecular flexibility index (Phi) is 20.1. The smallest absolute Gasteiger partial charge is 0.323 e. The second kappa shape index (κ2) is 23.9. The average molecular weight is 628 g/mol. The van der Waals surface area contributed by atoms with Gasteiger partial charge in [0.2, 0.25) is 0 Å². The largest absolute Gasteiger partial charge is 0.508 e. The van der Waals surface area contributed by atoms with E-state index in [0.717, 1.165) is 31.2 Å². The van der Waals surface area contributed by atoms with E-state index in [1.165, 1.54) is 94.8 Å². The normalized spacial score (nSPS) is 11.0. The van der Waals surface area contributed by atoms with Crippen LogP contribution in [0.2, 0.25) is 0 Å². The van der Waals surface area contributed by atoms with Crippen LogP contribution in [0.5, 0.6) is 17.2 Å². The van der Waals surface area contributed by atoms with Crippen molar-refractivity contribution in [2.24, 2.45) is 0 Å². The number of phenols is 1. The molecule has 8 nitrogen and oxygen atoms in total. The van der Waals surface area contributed by atoms with Gasteiger partial charge in [0, 0.05) is 23.9 Å². The molecule has 0 aromatic heterocycles. The molecule has 3 N–H and O–H groups in total. The van der Waals surface area contributed by atoms with Gasteiger partial charge in [0.1, 0.15) is 30.3 Å². The van der Waals surface area contributed by atoms with Gasteiger partial charge in [-0.3, -0.25) is 9.59 Å². The van der Waals surface area contributed by atoms with Gasteiger partial charge in [-0.2, -0.15) is 0 Å². The standard InChI is InChI=1S/C37H57NO7/c1-2-3-4-5-6-7-8-9-10-11-12-13-14-15-16-17-24-44-34-26-32(38(29-36(40)41)30-37(42)43)27-35(28-34)45-25-18-19-31-20-22-33(39)23-21-31/h20-23,26-28,39H,2-19,24-25,29-30H2,1H3,(H,40,41)(H,42,43). The number of benzene rings is 2. The number of nitrogens with zero attached hydrogens (tertiary/aromatic N) is 1. The zero-order valence-electron chi connectivity index (χ0n) is 27.5. The number of anilines is 1. The topological polar surface area (TPSA) is 117 Å². The summed E-state index contributed by atoms with van der Waals surface area (Å²) in [7, 11) is 0. The van der Waals surface area contributed by atoms with Crippen molar-refractivity contribution in [3.8, 4) is 17.2 Å². The van der Waals surface area contributed by atoms with Crippen LogP contribution in [-0.4, -0.2) is 53.6 Å². The van der Waals surface area contributed by atoms with Gasteiger partial charge in [0.05, 0.1) is 13.2 Å². The minimum absolute atomic E-state index is 0.228. The average Bonchev–Trinajstić information content (AvgIpc) is 3.01. The van der Waals surface area contributed by atoms with E-state index in [1.54, 1.807) is 30.3 Å². The van der Waals surface area contributed by atoms with E-state index in [-0.39, 0.29) is 5.75 Å². The highest BCUT2D eigenvalue weighted by molar-refractivity contribution is 5.80. The number of phenolic OH excluding ortho intramolecular Hbond substituents is 1. The van der Waals surface area contributed by atoms with Crippen LogP contribution in [-0.2, 0) is 16.0 Å². The second-order valence-electron chi connectivity index (χ2n) is 12.1. The third-order valence-corrected chi connectivity index (χ3v) is 7.96. The molecule has 252 valence electrons. The maximum absolute atomic E-state index is 11.4. The zero-order chi connectivity index (χ0) is 32.5. The molecule has 0 unspecified atom stereocenters. The van der Waals surface area contributed by atoms with Gasteiger partial charge >= 0.3 is 11.9 Å². The van der Waals surface area contributed by atoms with Crippen LogP contribution < -0.4 is 14.4 Å². The SMILES string of the molecule is CCCCCCCCCCCCCCCCCCOc1cc(OCCCc2ccc(O)cc2)cc(N(CC(=O)O)CC(=O)O)c1. The molecule has 0 atom stereocenters. The van der Waals surface area contributed by atoms with E-state index in [2.05, 4.69) is 6.92 Å². The molecule has 0 aliphatic heterocycles. The number of hydrogen-bond donors (Lipinski definition) is 3. The molecule has 2 aromatic carbocycles. The highest BCUT2D eigenvalue weighted by Crippen LogP contribution is 2.29. The number of aromatic hydroxyl groups is 1. The summed E-state index contributed by atoms with van der Waals surface area (Å²) in [5, 5.41) is 28.2. The maximum atomic E-state index is 11.4. The molecule has 0 bridgehead atoms. The number of aliphatic carboxylic acids is 2. The minimum Gasteiger partial charge on any atom is -0.508 e. The molecule has 45 heavy (non-hydrogen) atoms. The number of ether oxygens (including phenoxy) is 2. The van der Waals surface area contributed by atoms with E-state index in [1.807, 2.05) is 12.1 Å². The fourth-order valence-corrected chi connectivity index (χ4v) is 5.44. The monoisotopic (exact) mass is 627 g/mol. The Morgan fingerprint density at radius 2 is 1.02 bits per heavy atom. The number of carbonyl (C=O) groups is 2. The van der Waals surface area contributed by atoms with Gasteiger partial charge < -0.3 is 29.7 Å². The van der Waals surface area contributed by atoms with Crippen molar-refractivity contribution in [3.05, 3.63) is 48.0 Å². The van der Waals surface area contributed by atoms with Gasteiger partial charge in [-0.15, -0.1) is 0 Å². The molecule has 0 fully saturated rings. The van der Waals surface area contributed by atoms with Crippen molar-refractivity contribution in [2.75, 3.05) is 31.2 Å². The van der Waals surface area contributed by atoms with Crippen LogP contribution in [0.25, 0.3) is 0 Å². The first-order chi connectivity index (χ1) is 21.9. The number of carboxylic acids is 2. The highest BCUT2D eigenvalue weighted by atomic mass is 16.5. The lowest BCUT2D eigenvalue weighted by Crippen LogP contribution is -2.34. The Balaban J connectivity index is 1.72. The minimum atomic E-state index is -1.12. The summed E-state index contributed by atoms with van der Waals surface area (Å²) < 4.78 is 12.0. The number of hydrogen-bond acceptors (Lipinski definition) is 6. The van der Waals surface area contributed by atoms with Crippen molar-refractivity contribution in [2.45, 2.75) is 122 Å². The number of carboxylic acid groups (broad SMARTS) is 2. The van der Waals surface area contributed by atoms with Crippen LogP contribution in [0.4, 0.5) is 5.69 Å². The summed E-state index contributed by atoms with van der Waals surface area (Å²) in [6.07, 6.45) is 22.3. The Bertz CT molecular complexity index is 1060. The zero-order valence-corrected chi connectivity index (χ0v) is 27.5. The number of aryl methyl sites for hydroxylation is 1. The van der Waals surface area contributed by atoms with E-state index in [0.29, 0.717) is 30.4 Å². The van der Waals surface area contributed by atoms with Crippen molar-refractivity contribution in [3.63, 3.8) is 0 Å². The molecule has 0 saturated carbocycles. The van der Waals surface area contributed by atoms with Crippen LogP contribution in [0, 0.1) is 0 Å². The van der Waals surface area contributed by atoms with E-state index in [9.17, 15) is 24.9 Å². The summed E-state index contributed by atoms with van der Waals surface area (Å²) in [5.74, 6) is -0.978. The summed E-state index contributed by atoms with van der Waals surface area (Å²) in [6, 6.07) is 12.2. The highest BCUT2D eigenvalue weighted by Gasteiger charge is 2.17. The number of rotatable bonds is 28. The Morgan fingerprint density at radius 3 is 1.47 bits per heavy atom. The summed E-state index contributed by atoms with van der Waals surface area (Å²) in [6.45, 7) is 2.31. The van der Waals surface area contributed by atoms with Gasteiger partial charge in [-0.25, -0.2) is 0 Å². The first-order valence-electron chi connectivity index (χ1n) is 17.2. The Morgan fingerprint density at radius 1 is 0.600 bits per heavy atom. The summed E-state index contributed by atoms with van der Waals surface area (Å²) in [4.78, 5) is 24.2. The van der Waals surface area contributed by atoms with Gasteiger partial charge in [-0.05, 0) is 37.0 Å². The van der Waals surface area contributed by atoms with Gasteiger partial charge in [-0.1, -0.05) is 115 Å².